The van der Waals surface area contributed by atoms with Gasteiger partial charge in [-0.25, -0.2) is 0 Å². The highest BCUT2D eigenvalue weighted by Gasteiger charge is 2.55. The highest BCUT2D eigenvalue weighted by Crippen LogP contribution is 2.67. The third-order valence-electron chi connectivity index (χ3n) is 16.9. The number of fused-ring (bicyclic) bond motifs is 2. The number of carbonyl (C=O) groups is 5. The summed E-state index contributed by atoms with van der Waals surface area (Å²) in [6.45, 7) is 4.25. The normalized spacial score (nSPS) is 17.1. The van der Waals surface area contributed by atoms with Crippen molar-refractivity contribution < 1.29 is 46.4 Å². The molecule has 1 unspecified atom stereocenters. The van der Waals surface area contributed by atoms with Gasteiger partial charge in [-0.05, 0) is 69.1 Å². The molecule has 3 aromatic rings. The summed E-state index contributed by atoms with van der Waals surface area (Å²) in [4.78, 5) is 72.4. The van der Waals surface area contributed by atoms with E-state index in [9.17, 15) is 28.5 Å². The van der Waals surface area contributed by atoms with Crippen LogP contribution < -0.4 is 16.4 Å². The van der Waals surface area contributed by atoms with Crippen LogP contribution in [0.4, 0.5) is 8.78 Å². The Morgan fingerprint density at radius 1 is 0.671 bits per heavy atom. The Balaban J connectivity index is 1.18. The second-order valence-corrected chi connectivity index (χ2v) is 25.8. The molecule has 0 aliphatic carbocycles. The van der Waals surface area contributed by atoms with Crippen molar-refractivity contribution in [3.05, 3.63) is 71.4 Å². The zero-order valence-electron chi connectivity index (χ0n) is 50.3. The predicted molar refractivity (Wildman–Crippen MR) is 326 cm³/mol. The number of amides is 4. The molecule has 13 nitrogen and oxygen atoms in total. The number of hydrogen-bond donors (Lipinski definition) is 4. The SMILES string of the molecule is CCCCCCCCCCCCCCCCOP(=O)(OCCCCCCCCCCCCCCCC)C(F)(F)c1ccc2cc(C(=O)N[C@H]3CCCC[C@H]4CC[C@@H](C(=O)NC(CCC(N)=O)C(=O)CCc5ccccc5)N4C3=O)[nH]c2c1. The van der Waals surface area contributed by atoms with Crippen LogP contribution in [0.25, 0.3) is 10.9 Å². The number of nitrogens with two attached hydrogens (primary N) is 1. The van der Waals surface area contributed by atoms with Crippen molar-refractivity contribution in [3.63, 3.8) is 0 Å². The van der Waals surface area contributed by atoms with E-state index in [1.807, 2.05) is 30.3 Å². The monoisotopic (exact) mass is 1160 g/mol. The van der Waals surface area contributed by atoms with Gasteiger partial charge in [0.05, 0.1) is 19.3 Å². The number of aryl methyl sites for hydroxylation is 1. The molecule has 1 aromatic heterocycles. The third-order valence-corrected chi connectivity index (χ3v) is 18.9. The Labute approximate surface area is 490 Å². The second-order valence-electron chi connectivity index (χ2n) is 23.7. The summed E-state index contributed by atoms with van der Waals surface area (Å²) >= 11 is 0. The first-order valence-corrected chi connectivity index (χ1v) is 34.0. The molecule has 0 saturated carbocycles. The maximum atomic E-state index is 16.8. The fraction of sp³-hybridized carbons (Fsp3) is 0.712. The molecule has 5 rings (SSSR count). The number of unbranched alkanes of at least 4 members (excludes halogenated alkanes) is 26. The minimum absolute atomic E-state index is 0.0289. The Kier molecular flexibility index (Phi) is 32.1. The number of aromatic nitrogens is 1. The first kappa shape index (κ1) is 68.3. The first-order valence-electron chi connectivity index (χ1n) is 32.5. The maximum Gasteiger partial charge on any atom is 0.404 e. The molecule has 0 radical (unpaired) electrons. The van der Waals surface area contributed by atoms with E-state index in [0.717, 1.165) is 63.4 Å². The average Bonchev–Trinajstić information content (AvgIpc) is 4.11. The van der Waals surface area contributed by atoms with Crippen LogP contribution in [0.15, 0.2) is 54.6 Å². The van der Waals surface area contributed by atoms with Crippen LogP contribution in [0.5, 0.6) is 0 Å². The molecular formula is C66H104F2N5O8P. The molecule has 0 spiro atoms. The number of alkyl halides is 2. The molecule has 2 saturated heterocycles. The van der Waals surface area contributed by atoms with Crippen LogP contribution in [0.1, 0.15) is 273 Å². The fourth-order valence-corrected chi connectivity index (χ4v) is 13.5. The van der Waals surface area contributed by atoms with Gasteiger partial charge in [0, 0.05) is 35.3 Å². The summed E-state index contributed by atoms with van der Waals surface area (Å²) in [7, 11) is -5.04. The molecule has 460 valence electrons. The van der Waals surface area contributed by atoms with E-state index in [4.69, 9.17) is 14.8 Å². The zero-order valence-corrected chi connectivity index (χ0v) is 51.2. The molecule has 2 aliphatic rings. The van der Waals surface area contributed by atoms with E-state index in [1.54, 1.807) is 4.90 Å². The lowest BCUT2D eigenvalue weighted by atomic mass is 9.98. The van der Waals surface area contributed by atoms with Gasteiger partial charge in [-0.1, -0.05) is 236 Å². The van der Waals surface area contributed by atoms with E-state index in [-0.39, 0.29) is 55.5 Å². The van der Waals surface area contributed by atoms with Crippen molar-refractivity contribution in [2.75, 3.05) is 13.2 Å². The topological polar surface area (TPSA) is 190 Å². The predicted octanol–water partition coefficient (Wildman–Crippen LogP) is 16.4. The number of aromatic amines is 1. The van der Waals surface area contributed by atoms with Gasteiger partial charge in [-0.2, -0.15) is 8.78 Å². The van der Waals surface area contributed by atoms with E-state index in [0.29, 0.717) is 56.8 Å². The standard InChI is InChI=1S/C66H104F2N5O8P/c1-3-5-7-9-11-13-15-17-19-21-23-25-27-34-48-80-82(79,81-49-35-28-26-24-22-20-18-16-14-12-10-8-6-4-2)66(67,68)54-42-41-53-50-59(70-58(53)51-54)63(76)72-57-39-33-32-38-55-43-45-60(73(55)65(57)78)64(77)71-56(44-47-62(69)75)61(74)46-40-52-36-30-29-31-37-52/h29-31,36-37,41-42,50-51,55-57,60,70H,3-28,32-35,38-40,43-49H2,1-2H3,(H2,69,75)(H,71,77)(H,72,76)/t55-,56?,57-,60-/m0/s1. The molecule has 3 heterocycles. The number of halogens is 2. The lowest BCUT2D eigenvalue weighted by Crippen LogP contribution is -2.57. The molecule has 0 bridgehead atoms. The molecule has 5 N–H and O–H groups in total. The van der Waals surface area contributed by atoms with Gasteiger partial charge in [-0.3, -0.25) is 28.5 Å². The quantitative estimate of drug-likeness (QED) is 0.0317. The van der Waals surface area contributed by atoms with Crippen LogP contribution in [0.3, 0.4) is 0 Å². The second kappa shape index (κ2) is 38.5. The lowest BCUT2D eigenvalue weighted by molar-refractivity contribution is -0.143. The van der Waals surface area contributed by atoms with E-state index in [2.05, 4.69) is 29.5 Å². The van der Waals surface area contributed by atoms with E-state index < -0.39 is 60.6 Å². The van der Waals surface area contributed by atoms with Gasteiger partial charge in [0.2, 0.25) is 17.7 Å². The Morgan fingerprint density at radius 2 is 1.18 bits per heavy atom. The van der Waals surface area contributed by atoms with Crippen LogP contribution in [0.2, 0.25) is 0 Å². The van der Waals surface area contributed by atoms with Crippen LogP contribution in [0, 0.1) is 0 Å². The average molecular weight is 1160 g/mol. The lowest BCUT2D eigenvalue weighted by Gasteiger charge is -2.35. The highest BCUT2D eigenvalue weighted by atomic mass is 31.2. The van der Waals surface area contributed by atoms with Crippen LogP contribution >= 0.6 is 7.60 Å². The van der Waals surface area contributed by atoms with E-state index in [1.165, 1.54) is 140 Å². The molecule has 2 fully saturated rings. The number of nitrogens with zero attached hydrogens (tertiary/aromatic N) is 1. The van der Waals surface area contributed by atoms with Gasteiger partial charge < -0.3 is 35.3 Å². The number of Topliss-reactive ketones (excluding diaryl/α,β-unsaturated/α-hetero) is 1. The number of carbonyl (C=O) groups excluding carboxylic acids is 5. The molecule has 2 aliphatic heterocycles. The van der Waals surface area contributed by atoms with Crippen LogP contribution in [-0.2, 0) is 44.9 Å². The number of rotatable bonds is 45. The third kappa shape index (κ3) is 23.5. The van der Waals surface area contributed by atoms with Gasteiger partial charge in [0.15, 0.2) is 5.78 Å². The van der Waals surface area contributed by atoms with E-state index >= 15 is 8.78 Å². The van der Waals surface area contributed by atoms with Crippen molar-refractivity contribution in [1.29, 1.82) is 0 Å². The smallest absolute Gasteiger partial charge is 0.370 e. The number of benzene rings is 2. The summed E-state index contributed by atoms with van der Waals surface area (Å²) < 4.78 is 59.5. The molecular weight excluding hydrogens is 1060 g/mol. The van der Waals surface area contributed by atoms with Crippen molar-refractivity contribution in [3.8, 4) is 0 Å². The zero-order chi connectivity index (χ0) is 58.8. The Hall–Kier alpha value is -4.46. The van der Waals surface area contributed by atoms with Gasteiger partial charge in [-0.15, -0.1) is 0 Å². The summed E-state index contributed by atoms with van der Waals surface area (Å²) in [5.74, 6) is -2.39. The molecule has 16 heteroatoms. The van der Waals surface area contributed by atoms with Crippen molar-refractivity contribution >= 4 is 47.9 Å². The van der Waals surface area contributed by atoms with Gasteiger partial charge in [0.1, 0.15) is 17.8 Å². The minimum atomic E-state index is -5.04. The van der Waals surface area contributed by atoms with Crippen molar-refractivity contribution in [2.45, 2.75) is 288 Å². The number of primary amides is 1. The van der Waals surface area contributed by atoms with Gasteiger partial charge in [0.25, 0.3) is 5.91 Å². The number of nitrogens with one attached hydrogen (secondary N) is 3. The Morgan fingerprint density at radius 3 is 1.71 bits per heavy atom. The fourth-order valence-electron chi connectivity index (χ4n) is 11.9. The molecule has 2 aromatic carbocycles. The van der Waals surface area contributed by atoms with Crippen LogP contribution in [-0.4, -0.2) is 76.7 Å². The molecule has 4 amide bonds. The number of hydrogen-bond acceptors (Lipinski definition) is 8. The Bertz CT molecular complexity index is 2350. The number of H-pyrrole nitrogens is 1. The summed E-state index contributed by atoms with van der Waals surface area (Å²) in [5, 5.41) is 6.18. The molecule has 82 heavy (non-hydrogen) atoms. The largest absolute Gasteiger partial charge is 0.404 e. The van der Waals surface area contributed by atoms with Crippen molar-refractivity contribution in [2.24, 2.45) is 5.73 Å². The maximum absolute atomic E-state index is 16.8. The highest BCUT2D eigenvalue weighted by molar-refractivity contribution is 7.54. The van der Waals surface area contributed by atoms with Gasteiger partial charge >= 0.3 is 13.3 Å². The summed E-state index contributed by atoms with van der Waals surface area (Å²) in [5.41, 5.74) is 2.09. The van der Waals surface area contributed by atoms with Crippen molar-refractivity contribution in [1.82, 2.24) is 20.5 Å². The summed E-state index contributed by atoms with van der Waals surface area (Å²) in [6.07, 6.45) is 35.8. The minimum Gasteiger partial charge on any atom is -0.370 e. The first-order chi connectivity index (χ1) is 39.8. The summed E-state index contributed by atoms with van der Waals surface area (Å²) in [6, 6.07) is 11.7. The molecule has 4 atom stereocenters. The number of ketones is 1.